The Kier molecular flexibility index (Phi) is 5.10. The van der Waals surface area contributed by atoms with E-state index in [1.54, 1.807) is 18.2 Å². The van der Waals surface area contributed by atoms with Gasteiger partial charge in [-0.3, -0.25) is 9.59 Å². The largest absolute Gasteiger partial charge is 0.426 e. The molecule has 1 amide bonds. The van der Waals surface area contributed by atoms with Gasteiger partial charge in [-0.15, -0.1) is 0 Å². The van der Waals surface area contributed by atoms with Crippen LogP contribution in [0.15, 0.2) is 54.6 Å². The number of benzene rings is 2. The summed E-state index contributed by atoms with van der Waals surface area (Å²) >= 11 is 0. The molecule has 0 saturated carbocycles. The van der Waals surface area contributed by atoms with Crippen molar-refractivity contribution in [2.45, 2.75) is 13.3 Å². The molecule has 4 nitrogen and oxygen atoms in total. The number of para-hydroxylation sites is 1. The molecule has 2 rings (SSSR count). The van der Waals surface area contributed by atoms with Crippen molar-refractivity contribution in [3.63, 3.8) is 0 Å². The fourth-order valence-electron chi connectivity index (χ4n) is 1.97. The van der Waals surface area contributed by atoms with Crippen molar-refractivity contribution < 1.29 is 14.3 Å². The van der Waals surface area contributed by atoms with Gasteiger partial charge >= 0.3 is 5.97 Å². The van der Waals surface area contributed by atoms with E-state index in [-0.39, 0.29) is 11.9 Å². The topological polar surface area (TPSA) is 55.4 Å². The SMILES string of the molecule is CC(=O)Oc1ccccc1CCNC(=O)c1ccccc1. The third-order valence-corrected chi connectivity index (χ3v) is 2.94. The van der Waals surface area contributed by atoms with E-state index in [1.165, 1.54) is 6.92 Å². The van der Waals surface area contributed by atoms with Crippen molar-refractivity contribution >= 4 is 11.9 Å². The summed E-state index contributed by atoms with van der Waals surface area (Å²) in [6, 6.07) is 16.4. The number of rotatable bonds is 5. The van der Waals surface area contributed by atoms with Gasteiger partial charge in [-0.2, -0.15) is 0 Å². The molecule has 1 N–H and O–H groups in total. The van der Waals surface area contributed by atoms with Crippen LogP contribution in [0.1, 0.15) is 22.8 Å². The minimum absolute atomic E-state index is 0.111. The van der Waals surface area contributed by atoms with Gasteiger partial charge in [-0.1, -0.05) is 36.4 Å². The predicted molar refractivity (Wildman–Crippen MR) is 80.2 cm³/mol. The van der Waals surface area contributed by atoms with Crippen molar-refractivity contribution in [3.8, 4) is 5.75 Å². The lowest BCUT2D eigenvalue weighted by Crippen LogP contribution is -2.25. The number of hydrogen-bond donors (Lipinski definition) is 1. The van der Waals surface area contributed by atoms with Crippen molar-refractivity contribution in [3.05, 3.63) is 65.7 Å². The highest BCUT2D eigenvalue weighted by Gasteiger charge is 2.07. The molecule has 0 radical (unpaired) electrons. The quantitative estimate of drug-likeness (QED) is 0.678. The zero-order valence-corrected chi connectivity index (χ0v) is 11.8. The van der Waals surface area contributed by atoms with E-state index in [9.17, 15) is 9.59 Å². The first-order chi connectivity index (χ1) is 10.2. The zero-order valence-electron chi connectivity index (χ0n) is 11.8. The van der Waals surface area contributed by atoms with Crippen LogP contribution in [0.4, 0.5) is 0 Å². The molecule has 4 heteroatoms. The van der Waals surface area contributed by atoms with Crippen molar-refractivity contribution in [1.29, 1.82) is 0 Å². The van der Waals surface area contributed by atoms with Crippen molar-refractivity contribution in [1.82, 2.24) is 5.32 Å². The Morgan fingerprint density at radius 2 is 1.67 bits per heavy atom. The summed E-state index contributed by atoms with van der Waals surface area (Å²) in [6.07, 6.45) is 0.599. The second-order valence-electron chi connectivity index (χ2n) is 4.57. The molecule has 108 valence electrons. The van der Waals surface area contributed by atoms with Crippen LogP contribution in [0.25, 0.3) is 0 Å². The Balaban J connectivity index is 1.92. The molecule has 0 heterocycles. The number of hydrogen-bond acceptors (Lipinski definition) is 3. The van der Waals surface area contributed by atoms with E-state index >= 15 is 0 Å². The minimum Gasteiger partial charge on any atom is -0.426 e. The van der Waals surface area contributed by atoms with E-state index in [2.05, 4.69) is 5.32 Å². The number of esters is 1. The lowest BCUT2D eigenvalue weighted by molar-refractivity contribution is -0.131. The molecule has 0 aliphatic carbocycles. The summed E-state index contributed by atoms with van der Waals surface area (Å²) < 4.78 is 5.14. The molecule has 0 saturated heterocycles. The third kappa shape index (κ3) is 4.45. The summed E-state index contributed by atoms with van der Waals surface area (Å²) in [6.45, 7) is 1.85. The molecule has 0 fully saturated rings. The van der Waals surface area contributed by atoms with Crippen LogP contribution >= 0.6 is 0 Å². The van der Waals surface area contributed by atoms with E-state index in [1.807, 2.05) is 36.4 Å². The zero-order chi connectivity index (χ0) is 15.1. The second kappa shape index (κ2) is 7.24. The molecule has 0 spiro atoms. The van der Waals surface area contributed by atoms with Crippen LogP contribution in [0.2, 0.25) is 0 Å². The summed E-state index contributed by atoms with van der Waals surface area (Å²) in [7, 11) is 0. The maximum Gasteiger partial charge on any atom is 0.308 e. The van der Waals surface area contributed by atoms with Gasteiger partial charge in [0.1, 0.15) is 5.75 Å². The standard InChI is InChI=1S/C17H17NO3/c1-13(19)21-16-10-6-5-7-14(16)11-12-18-17(20)15-8-3-2-4-9-15/h2-10H,11-12H2,1H3,(H,18,20). The smallest absolute Gasteiger partial charge is 0.308 e. The third-order valence-electron chi connectivity index (χ3n) is 2.94. The number of carbonyl (C=O) groups excluding carboxylic acids is 2. The highest BCUT2D eigenvalue weighted by molar-refractivity contribution is 5.94. The van der Waals surface area contributed by atoms with Gasteiger partial charge in [0.2, 0.25) is 0 Å². The predicted octanol–water partition coefficient (Wildman–Crippen LogP) is 2.58. The lowest BCUT2D eigenvalue weighted by atomic mass is 10.1. The molecule has 0 atom stereocenters. The van der Waals surface area contributed by atoms with Crippen molar-refractivity contribution in [2.75, 3.05) is 6.54 Å². The molecule has 0 aliphatic heterocycles. The van der Waals surface area contributed by atoms with Gasteiger partial charge in [0.05, 0.1) is 0 Å². The van der Waals surface area contributed by atoms with Gasteiger partial charge in [0.25, 0.3) is 5.91 Å². The molecule has 0 aromatic heterocycles. The van der Waals surface area contributed by atoms with E-state index in [0.29, 0.717) is 24.3 Å². The molecule has 0 aliphatic rings. The first-order valence-corrected chi connectivity index (χ1v) is 6.76. The summed E-state index contributed by atoms with van der Waals surface area (Å²) in [5, 5.41) is 2.85. The Bertz CT molecular complexity index is 623. The number of carbonyl (C=O) groups is 2. The van der Waals surface area contributed by atoms with Gasteiger partial charge in [0.15, 0.2) is 0 Å². The average molecular weight is 283 g/mol. The Hall–Kier alpha value is -2.62. The van der Waals surface area contributed by atoms with Crippen LogP contribution in [-0.4, -0.2) is 18.4 Å². The molecule has 21 heavy (non-hydrogen) atoms. The van der Waals surface area contributed by atoms with E-state index in [0.717, 1.165) is 5.56 Å². The second-order valence-corrected chi connectivity index (χ2v) is 4.57. The highest BCUT2D eigenvalue weighted by Crippen LogP contribution is 2.18. The monoisotopic (exact) mass is 283 g/mol. The molecule has 2 aromatic rings. The highest BCUT2D eigenvalue weighted by atomic mass is 16.5. The Labute approximate surface area is 123 Å². The van der Waals surface area contributed by atoms with E-state index < -0.39 is 0 Å². The van der Waals surface area contributed by atoms with Crippen LogP contribution in [0, 0.1) is 0 Å². The Morgan fingerprint density at radius 3 is 2.38 bits per heavy atom. The van der Waals surface area contributed by atoms with Crippen LogP contribution in [0.5, 0.6) is 5.75 Å². The Morgan fingerprint density at radius 1 is 1.00 bits per heavy atom. The van der Waals surface area contributed by atoms with E-state index in [4.69, 9.17) is 4.74 Å². The maximum atomic E-state index is 11.9. The summed E-state index contributed by atoms with van der Waals surface area (Å²) in [4.78, 5) is 22.9. The normalized spacial score (nSPS) is 9.95. The lowest BCUT2D eigenvalue weighted by Gasteiger charge is -2.09. The van der Waals surface area contributed by atoms with Crippen LogP contribution < -0.4 is 10.1 Å². The van der Waals surface area contributed by atoms with Gasteiger partial charge in [0, 0.05) is 19.0 Å². The molecule has 2 aromatic carbocycles. The minimum atomic E-state index is -0.351. The molecule has 0 bridgehead atoms. The number of ether oxygens (including phenoxy) is 1. The maximum absolute atomic E-state index is 11.9. The van der Waals surface area contributed by atoms with Crippen LogP contribution in [-0.2, 0) is 11.2 Å². The first-order valence-electron chi connectivity index (χ1n) is 6.76. The molecular formula is C17H17NO3. The summed E-state index contributed by atoms with van der Waals surface area (Å²) in [5.41, 5.74) is 1.52. The fourth-order valence-corrected chi connectivity index (χ4v) is 1.97. The number of amides is 1. The van der Waals surface area contributed by atoms with Crippen molar-refractivity contribution in [2.24, 2.45) is 0 Å². The number of nitrogens with one attached hydrogen (secondary N) is 1. The fraction of sp³-hybridized carbons (Fsp3) is 0.176. The van der Waals surface area contributed by atoms with Crippen LogP contribution in [0.3, 0.4) is 0 Å². The molecular weight excluding hydrogens is 266 g/mol. The first kappa shape index (κ1) is 14.8. The van der Waals surface area contributed by atoms with Gasteiger partial charge < -0.3 is 10.1 Å². The average Bonchev–Trinajstić information content (AvgIpc) is 2.49. The van der Waals surface area contributed by atoms with Gasteiger partial charge in [-0.25, -0.2) is 0 Å². The van der Waals surface area contributed by atoms with Gasteiger partial charge in [-0.05, 0) is 30.2 Å². The molecule has 0 unspecified atom stereocenters. The summed E-state index contributed by atoms with van der Waals surface area (Å²) in [5.74, 6) is 0.0790.